The van der Waals surface area contributed by atoms with Crippen LogP contribution in [0.5, 0.6) is 0 Å². The smallest absolute Gasteiger partial charge is 0.203 e. The standard InChI is InChI=1S/C15H20FN3/c1-11(2)10-18-15-17-8-9-19(15)12(3)13-4-6-14(16)7-5-13/h4-9,11-12H,10H2,1-3H3,(H,17,18). The van der Waals surface area contributed by atoms with Crippen LogP contribution in [0.25, 0.3) is 0 Å². The van der Waals surface area contributed by atoms with Crippen molar-refractivity contribution in [1.82, 2.24) is 9.55 Å². The van der Waals surface area contributed by atoms with Gasteiger partial charge in [0.2, 0.25) is 5.95 Å². The third-order valence-corrected chi connectivity index (χ3v) is 3.11. The van der Waals surface area contributed by atoms with Gasteiger partial charge in [-0.3, -0.25) is 0 Å². The third kappa shape index (κ3) is 3.34. The first-order chi connectivity index (χ1) is 9.08. The van der Waals surface area contributed by atoms with Crippen LogP contribution in [-0.4, -0.2) is 16.1 Å². The van der Waals surface area contributed by atoms with Crippen LogP contribution < -0.4 is 5.32 Å². The van der Waals surface area contributed by atoms with E-state index < -0.39 is 0 Å². The normalized spacial score (nSPS) is 12.7. The van der Waals surface area contributed by atoms with E-state index in [2.05, 4.69) is 35.6 Å². The number of hydrogen-bond acceptors (Lipinski definition) is 2. The summed E-state index contributed by atoms with van der Waals surface area (Å²) in [5.41, 5.74) is 1.06. The summed E-state index contributed by atoms with van der Waals surface area (Å²) in [6.45, 7) is 7.27. The number of nitrogens with one attached hydrogen (secondary N) is 1. The summed E-state index contributed by atoms with van der Waals surface area (Å²) < 4.78 is 15.0. The number of nitrogens with zero attached hydrogens (tertiary/aromatic N) is 2. The third-order valence-electron chi connectivity index (χ3n) is 3.11. The molecule has 0 aliphatic carbocycles. The number of benzene rings is 1. The van der Waals surface area contributed by atoms with E-state index in [9.17, 15) is 4.39 Å². The minimum Gasteiger partial charge on any atom is -0.355 e. The van der Waals surface area contributed by atoms with Crippen molar-refractivity contribution in [3.8, 4) is 0 Å². The van der Waals surface area contributed by atoms with E-state index in [0.717, 1.165) is 18.1 Å². The molecule has 1 atom stereocenters. The number of hydrogen-bond donors (Lipinski definition) is 1. The van der Waals surface area contributed by atoms with Crippen LogP contribution in [0.3, 0.4) is 0 Å². The highest BCUT2D eigenvalue weighted by atomic mass is 19.1. The zero-order chi connectivity index (χ0) is 13.8. The molecule has 2 rings (SSSR count). The molecule has 1 unspecified atom stereocenters. The molecule has 1 N–H and O–H groups in total. The van der Waals surface area contributed by atoms with Gasteiger partial charge in [0.25, 0.3) is 0 Å². The molecule has 19 heavy (non-hydrogen) atoms. The zero-order valence-corrected chi connectivity index (χ0v) is 11.6. The summed E-state index contributed by atoms with van der Waals surface area (Å²) in [4.78, 5) is 4.33. The first-order valence-electron chi connectivity index (χ1n) is 6.60. The molecule has 0 fully saturated rings. The number of aromatic nitrogens is 2. The lowest BCUT2D eigenvalue weighted by atomic mass is 10.1. The fourth-order valence-corrected chi connectivity index (χ4v) is 1.96. The average molecular weight is 261 g/mol. The first-order valence-corrected chi connectivity index (χ1v) is 6.60. The Kier molecular flexibility index (Phi) is 4.20. The summed E-state index contributed by atoms with van der Waals surface area (Å²) in [5, 5.41) is 3.33. The molecule has 0 aliphatic rings. The Bertz CT molecular complexity index is 516. The van der Waals surface area contributed by atoms with E-state index >= 15 is 0 Å². The Morgan fingerprint density at radius 2 is 1.89 bits per heavy atom. The number of imidazole rings is 1. The van der Waals surface area contributed by atoms with Gasteiger partial charge in [0.1, 0.15) is 5.82 Å². The fraction of sp³-hybridized carbons (Fsp3) is 0.400. The molecule has 0 spiro atoms. The Morgan fingerprint density at radius 3 is 2.53 bits per heavy atom. The average Bonchev–Trinajstić information content (AvgIpc) is 2.84. The Balaban J connectivity index is 2.17. The molecule has 1 aromatic heterocycles. The molecular formula is C15H20FN3. The lowest BCUT2D eigenvalue weighted by Gasteiger charge is -2.18. The minimum atomic E-state index is -0.209. The summed E-state index contributed by atoms with van der Waals surface area (Å²) in [6, 6.07) is 6.73. The van der Waals surface area contributed by atoms with Crippen molar-refractivity contribution in [2.75, 3.05) is 11.9 Å². The summed E-state index contributed by atoms with van der Waals surface area (Å²) in [6.07, 6.45) is 3.72. The van der Waals surface area contributed by atoms with Crippen molar-refractivity contribution < 1.29 is 4.39 Å². The van der Waals surface area contributed by atoms with Gasteiger partial charge in [-0.05, 0) is 30.5 Å². The number of anilines is 1. The van der Waals surface area contributed by atoms with E-state index in [-0.39, 0.29) is 11.9 Å². The molecule has 2 aromatic rings. The van der Waals surface area contributed by atoms with Crippen molar-refractivity contribution in [3.63, 3.8) is 0 Å². The largest absolute Gasteiger partial charge is 0.355 e. The molecule has 0 bridgehead atoms. The van der Waals surface area contributed by atoms with Gasteiger partial charge in [-0.25, -0.2) is 9.37 Å². The highest BCUT2D eigenvalue weighted by Gasteiger charge is 2.12. The molecule has 4 heteroatoms. The predicted molar refractivity (Wildman–Crippen MR) is 75.8 cm³/mol. The van der Waals surface area contributed by atoms with Crippen LogP contribution >= 0.6 is 0 Å². The van der Waals surface area contributed by atoms with Gasteiger partial charge in [0, 0.05) is 18.9 Å². The molecule has 0 saturated carbocycles. The monoisotopic (exact) mass is 261 g/mol. The fourth-order valence-electron chi connectivity index (χ4n) is 1.96. The van der Waals surface area contributed by atoms with Gasteiger partial charge in [0.05, 0.1) is 6.04 Å². The highest BCUT2D eigenvalue weighted by molar-refractivity contribution is 5.30. The highest BCUT2D eigenvalue weighted by Crippen LogP contribution is 2.21. The Morgan fingerprint density at radius 1 is 1.21 bits per heavy atom. The van der Waals surface area contributed by atoms with E-state index in [1.165, 1.54) is 12.1 Å². The summed E-state index contributed by atoms with van der Waals surface area (Å²) in [7, 11) is 0. The summed E-state index contributed by atoms with van der Waals surface area (Å²) in [5.74, 6) is 1.21. The zero-order valence-electron chi connectivity index (χ0n) is 11.6. The second-order valence-electron chi connectivity index (χ2n) is 5.16. The van der Waals surface area contributed by atoms with Crippen molar-refractivity contribution in [2.45, 2.75) is 26.8 Å². The topological polar surface area (TPSA) is 29.9 Å². The van der Waals surface area contributed by atoms with Gasteiger partial charge < -0.3 is 9.88 Å². The van der Waals surface area contributed by atoms with E-state index in [4.69, 9.17) is 0 Å². The van der Waals surface area contributed by atoms with Crippen LogP contribution in [0.4, 0.5) is 10.3 Å². The van der Waals surface area contributed by atoms with Crippen LogP contribution in [0.15, 0.2) is 36.7 Å². The molecule has 102 valence electrons. The first kappa shape index (κ1) is 13.6. The maximum atomic E-state index is 12.9. The summed E-state index contributed by atoms with van der Waals surface area (Å²) >= 11 is 0. The molecule has 0 saturated heterocycles. The lowest BCUT2D eigenvalue weighted by molar-refractivity contribution is 0.613. The molecule has 1 aromatic carbocycles. The SMILES string of the molecule is CC(C)CNc1nccn1C(C)c1ccc(F)cc1. The second-order valence-corrected chi connectivity index (χ2v) is 5.16. The molecule has 0 amide bonds. The van der Waals surface area contributed by atoms with Crippen molar-refractivity contribution in [3.05, 3.63) is 48.0 Å². The van der Waals surface area contributed by atoms with Crippen molar-refractivity contribution in [1.29, 1.82) is 0 Å². The predicted octanol–water partition coefficient (Wildman–Crippen LogP) is 3.70. The molecule has 0 radical (unpaired) electrons. The Labute approximate surface area is 113 Å². The van der Waals surface area contributed by atoms with Crippen molar-refractivity contribution >= 4 is 5.95 Å². The van der Waals surface area contributed by atoms with Crippen LogP contribution in [0, 0.1) is 11.7 Å². The van der Waals surface area contributed by atoms with Gasteiger partial charge in [-0.2, -0.15) is 0 Å². The van der Waals surface area contributed by atoms with E-state index in [1.54, 1.807) is 6.20 Å². The quantitative estimate of drug-likeness (QED) is 0.889. The molecule has 3 nitrogen and oxygen atoms in total. The van der Waals surface area contributed by atoms with Gasteiger partial charge in [-0.1, -0.05) is 26.0 Å². The van der Waals surface area contributed by atoms with Gasteiger partial charge in [0.15, 0.2) is 0 Å². The molecular weight excluding hydrogens is 241 g/mol. The minimum absolute atomic E-state index is 0.123. The van der Waals surface area contributed by atoms with Crippen LogP contribution in [0.2, 0.25) is 0 Å². The molecule has 1 heterocycles. The number of rotatable bonds is 5. The maximum absolute atomic E-state index is 12.9. The van der Waals surface area contributed by atoms with E-state index in [0.29, 0.717) is 5.92 Å². The second kappa shape index (κ2) is 5.87. The lowest BCUT2D eigenvalue weighted by Crippen LogP contribution is -2.15. The van der Waals surface area contributed by atoms with Crippen LogP contribution in [-0.2, 0) is 0 Å². The number of halogens is 1. The van der Waals surface area contributed by atoms with Gasteiger partial charge >= 0.3 is 0 Å². The van der Waals surface area contributed by atoms with Crippen molar-refractivity contribution in [2.24, 2.45) is 5.92 Å². The van der Waals surface area contributed by atoms with E-state index in [1.807, 2.05) is 18.3 Å². The van der Waals surface area contributed by atoms with Crippen LogP contribution in [0.1, 0.15) is 32.4 Å². The Hall–Kier alpha value is -1.84. The molecule has 0 aliphatic heterocycles. The maximum Gasteiger partial charge on any atom is 0.203 e. The van der Waals surface area contributed by atoms with Gasteiger partial charge in [-0.15, -0.1) is 0 Å².